The first-order chi connectivity index (χ1) is 12.9. The van der Waals surface area contributed by atoms with Crippen molar-refractivity contribution in [1.82, 2.24) is 9.47 Å². The Morgan fingerprint density at radius 3 is 2.37 bits per heavy atom. The van der Waals surface area contributed by atoms with Gasteiger partial charge in [0, 0.05) is 35.4 Å². The SMILES string of the molecule is O=c1c(CN2C3CCC2CC(O)(c2ccc(Cl)cc2)C3)cccn1C(F)F. The molecule has 2 aliphatic heterocycles. The molecule has 2 saturated heterocycles. The fraction of sp³-hybridized carbons (Fsp3) is 0.450. The van der Waals surface area contributed by atoms with Crippen LogP contribution in [-0.4, -0.2) is 26.7 Å². The molecular weight excluding hydrogens is 374 g/mol. The van der Waals surface area contributed by atoms with Crippen molar-refractivity contribution in [2.45, 2.75) is 56.5 Å². The minimum atomic E-state index is -2.84. The number of hydrogen-bond donors (Lipinski definition) is 1. The zero-order chi connectivity index (χ0) is 19.2. The number of piperidine rings is 1. The van der Waals surface area contributed by atoms with Crippen LogP contribution in [-0.2, 0) is 12.1 Å². The predicted molar refractivity (Wildman–Crippen MR) is 98.9 cm³/mol. The number of pyridine rings is 1. The van der Waals surface area contributed by atoms with E-state index < -0.39 is 17.7 Å². The normalized spacial score (nSPS) is 28.0. The average Bonchev–Trinajstić information content (AvgIpc) is 2.87. The van der Waals surface area contributed by atoms with Crippen molar-refractivity contribution in [3.8, 4) is 0 Å². The quantitative estimate of drug-likeness (QED) is 0.855. The molecule has 27 heavy (non-hydrogen) atoms. The third kappa shape index (κ3) is 3.42. The number of nitrogens with zero attached hydrogens (tertiary/aromatic N) is 2. The number of aliphatic hydroxyl groups is 1. The van der Waals surface area contributed by atoms with E-state index >= 15 is 0 Å². The van der Waals surface area contributed by atoms with Crippen molar-refractivity contribution in [2.75, 3.05) is 0 Å². The van der Waals surface area contributed by atoms with E-state index in [1.807, 2.05) is 12.1 Å². The molecule has 2 unspecified atom stereocenters. The summed E-state index contributed by atoms with van der Waals surface area (Å²) in [6, 6.07) is 10.6. The van der Waals surface area contributed by atoms with Crippen LogP contribution in [0.2, 0.25) is 5.02 Å². The van der Waals surface area contributed by atoms with Crippen molar-refractivity contribution in [2.24, 2.45) is 0 Å². The van der Waals surface area contributed by atoms with Gasteiger partial charge in [-0.3, -0.25) is 14.3 Å². The number of fused-ring (bicyclic) bond motifs is 2. The fourth-order valence-electron chi connectivity index (χ4n) is 4.60. The maximum Gasteiger partial charge on any atom is 0.321 e. The van der Waals surface area contributed by atoms with Crippen LogP contribution in [0.1, 0.15) is 43.4 Å². The highest BCUT2D eigenvalue weighted by Gasteiger charge is 2.48. The van der Waals surface area contributed by atoms with Gasteiger partial charge in [-0.05, 0) is 49.4 Å². The average molecular weight is 395 g/mol. The Hall–Kier alpha value is -1.76. The summed E-state index contributed by atoms with van der Waals surface area (Å²) >= 11 is 5.95. The molecule has 1 aromatic heterocycles. The third-order valence-corrected chi connectivity index (χ3v) is 6.17. The van der Waals surface area contributed by atoms with Crippen LogP contribution in [0, 0.1) is 0 Å². The molecule has 2 bridgehead atoms. The second-order valence-corrected chi connectivity index (χ2v) is 7.96. The summed E-state index contributed by atoms with van der Waals surface area (Å²) in [5.41, 5.74) is -0.354. The summed E-state index contributed by atoms with van der Waals surface area (Å²) in [6.07, 6.45) is 4.08. The maximum absolute atomic E-state index is 13.0. The van der Waals surface area contributed by atoms with Gasteiger partial charge in [-0.2, -0.15) is 8.78 Å². The molecular formula is C20H21ClF2N2O2. The molecule has 1 N–H and O–H groups in total. The Morgan fingerprint density at radius 1 is 1.15 bits per heavy atom. The molecule has 0 amide bonds. The molecule has 0 radical (unpaired) electrons. The van der Waals surface area contributed by atoms with Gasteiger partial charge >= 0.3 is 6.55 Å². The summed E-state index contributed by atoms with van der Waals surface area (Å²) in [5.74, 6) is 0. The van der Waals surface area contributed by atoms with Gasteiger partial charge in [-0.1, -0.05) is 29.8 Å². The Morgan fingerprint density at radius 2 is 1.78 bits per heavy atom. The van der Waals surface area contributed by atoms with Crippen LogP contribution >= 0.6 is 11.6 Å². The lowest BCUT2D eigenvalue weighted by Gasteiger charge is -2.44. The molecule has 4 nitrogen and oxygen atoms in total. The molecule has 7 heteroatoms. The minimum absolute atomic E-state index is 0.115. The highest BCUT2D eigenvalue weighted by atomic mass is 35.5. The van der Waals surface area contributed by atoms with Crippen molar-refractivity contribution in [3.05, 3.63) is 69.1 Å². The number of aromatic nitrogens is 1. The number of hydrogen-bond acceptors (Lipinski definition) is 3. The smallest absolute Gasteiger partial charge is 0.321 e. The summed E-state index contributed by atoms with van der Waals surface area (Å²) in [6.45, 7) is -2.51. The van der Waals surface area contributed by atoms with Crippen LogP contribution in [0.5, 0.6) is 0 Å². The van der Waals surface area contributed by atoms with E-state index in [1.54, 1.807) is 18.2 Å². The summed E-state index contributed by atoms with van der Waals surface area (Å²) in [7, 11) is 0. The monoisotopic (exact) mass is 394 g/mol. The molecule has 2 fully saturated rings. The van der Waals surface area contributed by atoms with Gasteiger partial charge < -0.3 is 5.11 Å². The first-order valence-corrected chi connectivity index (χ1v) is 9.47. The number of rotatable bonds is 4. The topological polar surface area (TPSA) is 45.5 Å². The van der Waals surface area contributed by atoms with Crippen LogP contribution in [0.4, 0.5) is 8.78 Å². The Balaban J connectivity index is 1.56. The van der Waals surface area contributed by atoms with E-state index in [2.05, 4.69) is 4.90 Å². The first-order valence-electron chi connectivity index (χ1n) is 9.10. The van der Waals surface area contributed by atoms with E-state index in [1.165, 1.54) is 6.07 Å². The lowest BCUT2D eigenvalue weighted by Crippen LogP contribution is -2.49. The summed E-state index contributed by atoms with van der Waals surface area (Å²) in [4.78, 5) is 14.5. The van der Waals surface area contributed by atoms with Crippen molar-refractivity contribution in [3.63, 3.8) is 0 Å². The highest BCUT2D eigenvalue weighted by molar-refractivity contribution is 6.30. The molecule has 4 rings (SSSR count). The van der Waals surface area contributed by atoms with Crippen molar-refractivity contribution < 1.29 is 13.9 Å². The summed E-state index contributed by atoms with van der Waals surface area (Å²) in [5, 5.41) is 11.9. The van der Waals surface area contributed by atoms with Gasteiger partial charge in [0.25, 0.3) is 5.56 Å². The molecule has 0 saturated carbocycles. The van der Waals surface area contributed by atoms with Gasteiger partial charge in [-0.15, -0.1) is 0 Å². The standard InChI is InChI=1S/C20H21ClF2N2O2/c21-15-5-3-14(4-6-15)20(27)10-16-7-8-17(11-20)25(16)12-13-2-1-9-24(18(13)26)19(22)23/h1-6,9,16-17,19,27H,7-8,10-12H2. The van der Waals surface area contributed by atoms with Crippen molar-refractivity contribution in [1.29, 1.82) is 0 Å². The molecule has 0 aliphatic carbocycles. The van der Waals surface area contributed by atoms with Crippen LogP contribution in [0.15, 0.2) is 47.4 Å². The van der Waals surface area contributed by atoms with Crippen LogP contribution in [0.3, 0.4) is 0 Å². The number of benzene rings is 1. The van der Waals surface area contributed by atoms with Gasteiger partial charge in [-0.25, -0.2) is 0 Å². The molecule has 0 spiro atoms. The molecule has 3 heterocycles. The Kier molecular flexibility index (Phi) is 4.82. The zero-order valence-corrected chi connectivity index (χ0v) is 15.4. The van der Waals surface area contributed by atoms with Gasteiger partial charge in [0.2, 0.25) is 0 Å². The Bertz CT molecular complexity index is 870. The van der Waals surface area contributed by atoms with Gasteiger partial charge in [0.05, 0.1) is 5.60 Å². The number of halogens is 3. The summed E-state index contributed by atoms with van der Waals surface area (Å²) < 4.78 is 26.4. The largest absolute Gasteiger partial charge is 0.385 e. The minimum Gasteiger partial charge on any atom is -0.385 e. The molecule has 2 atom stereocenters. The second-order valence-electron chi connectivity index (χ2n) is 7.53. The molecule has 1 aromatic carbocycles. The van der Waals surface area contributed by atoms with E-state index in [4.69, 9.17) is 11.6 Å². The van der Waals surface area contributed by atoms with E-state index in [9.17, 15) is 18.7 Å². The van der Waals surface area contributed by atoms with E-state index in [0.29, 0.717) is 34.5 Å². The van der Waals surface area contributed by atoms with E-state index in [-0.39, 0.29) is 12.1 Å². The van der Waals surface area contributed by atoms with Crippen LogP contribution < -0.4 is 5.56 Å². The highest BCUT2D eigenvalue weighted by Crippen LogP contribution is 2.46. The van der Waals surface area contributed by atoms with Crippen LogP contribution in [0.25, 0.3) is 0 Å². The first kappa shape index (κ1) is 18.6. The third-order valence-electron chi connectivity index (χ3n) is 5.92. The lowest BCUT2D eigenvalue weighted by atomic mass is 9.80. The maximum atomic E-state index is 13.0. The van der Waals surface area contributed by atoms with Gasteiger partial charge in [0.1, 0.15) is 0 Å². The zero-order valence-electron chi connectivity index (χ0n) is 14.7. The number of alkyl halides is 2. The molecule has 2 aliphatic rings. The second kappa shape index (κ2) is 7.00. The van der Waals surface area contributed by atoms with E-state index in [0.717, 1.165) is 24.6 Å². The lowest BCUT2D eigenvalue weighted by molar-refractivity contribution is -0.0596. The Labute approximate surface area is 161 Å². The van der Waals surface area contributed by atoms with Gasteiger partial charge in [0.15, 0.2) is 0 Å². The fourth-order valence-corrected chi connectivity index (χ4v) is 4.72. The van der Waals surface area contributed by atoms with Crippen molar-refractivity contribution >= 4 is 11.6 Å². The molecule has 144 valence electrons. The predicted octanol–water partition coefficient (Wildman–Crippen LogP) is 3.91. The molecule has 2 aromatic rings.